The Morgan fingerprint density at radius 1 is 1.28 bits per heavy atom. The molecule has 0 saturated carbocycles. The van der Waals surface area contributed by atoms with E-state index in [-0.39, 0.29) is 6.61 Å². The summed E-state index contributed by atoms with van der Waals surface area (Å²) in [5.41, 5.74) is 8.48. The van der Waals surface area contributed by atoms with E-state index in [4.69, 9.17) is 26.8 Å². The second-order valence-electron chi connectivity index (χ2n) is 8.08. The molecular weight excluding hydrogens is 566 g/mol. The molecule has 0 aliphatic carbocycles. The number of nitrogens with two attached hydrogens (primary N) is 1. The fourth-order valence-electron chi connectivity index (χ4n) is 3.93. The third-order valence-electron chi connectivity index (χ3n) is 5.51. The molecule has 3 N–H and O–H groups in total. The lowest BCUT2D eigenvalue weighted by atomic mass is 9.95. The highest BCUT2D eigenvalue weighted by Crippen LogP contribution is 2.43. The molecule has 4 rings (SSSR count). The van der Waals surface area contributed by atoms with Crippen molar-refractivity contribution in [2.24, 2.45) is 5.73 Å². The van der Waals surface area contributed by atoms with Gasteiger partial charge in [0.05, 0.1) is 16.7 Å². The van der Waals surface area contributed by atoms with Gasteiger partial charge in [0.15, 0.2) is 11.5 Å². The number of amides is 1. The minimum Gasteiger partial charge on any atom is -0.490 e. The summed E-state index contributed by atoms with van der Waals surface area (Å²) in [6, 6.07) is 10.7. The van der Waals surface area contributed by atoms with Gasteiger partial charge in [-0.2, -0.15) is 4.98 Å². The normalized spacial score (nSPS) is 14.9. The van der Waals surface area contributed by atoms with Crippen molar-refractivity contribution in [3.63, 3.8) is 0 Å². The Hall–Kier alpha value is -2.69. The van der Waals surface area contributed by atoms with Crippen LogP contribution in [0.25, 0.3) is 0 Å². The Morgan fingerprint density at radius 3 is 2.75 bits per heavy atom. The number of anilines is 1. The van der Waals surface area contributed by atoms with Crippen molar-refractivity contribution in [1.82, 2.24) is 14.8 Å². The van der Waals surface area contributed by atoms with Crippen molar-refractivity contribution in [1.29, 1.82) is 0 Å². The number of nitrogens with one attached hydrogen (secondary N) is 1. The summed E-state index contributed by atoms with van der Waals surface area (Å²) < 4.78 is 14.5. The van der Waals surface area contributed by atoms with Crippen LogP contribution >= 0.6 is 39.3 Å². The van der Waals surface area contributed by atoms with Crippen molar-refractivity contribution in [3.8, 4) is 11.5 Å². The predicted molar refractivity (Wildman–Crippen MR) is 146 cm³/mol. The number of fused-ring (bicyclic) bond motifs is 1. The van der Waals surface area contributed by atoms with E-state index in [1.165, 1.54) is 0 Å². The van der Waals surface area contributed by atoms with E-state index >= 15 is 0 Å². The van der Waals surface area contributed by atoms with Gasteiger partial charge in [0.25, 0.3) is 0 Å². The molecule has 1 amide bonds. The number of hydrogen-bond donors (Lipinski definition) is 2. The summed E-state index contributed by atoms with van der Waals surface area (Å²) in [5, 5.41) is 9.12. The first-order chi connectivity index (χ1) is 17.3. The molecule has 3 aromatic rings. The van der Waals surface area contributed by atoms with Gasteiger partial charge in [-0.05, 0) is 60.0 Å². The number of thioether (sulfide) groups is 1. The molecule has 0 spiro atoms. The number of rotatable bonds is 10. The van der Waals surface area contributed by atoms with E-state index in [0.717, 1.165) is 23.3 Å². The van der Waals surface area contributed by atoms with Gasteiger partial charge in [-0.1, -0.05) is 48.5 Å². The van der Waals surface area contributed by atoms with Gasteiger partial charge >= 0.3 is 0 Å². The minimum atomic E-state index is -0.588. The summed E-state index contributed by atoms with van der Waals surface area (Å²) in [7, 11) is 0. The number of allylic oxidation sites excluding steroid dienone is 1. The summed E-state index contributed by atoms with van der Waals surface area (Å²) in [6.45, 7) is 6.50. The minimum absolute atomic E-state index is 0.266. The van der Waals surface area contributed by atoms with Gasteiger partial charge in [0, 0.05) is 22.0 Å². The van der Waals surface area contributed by atoms with E-state index in [1.807, 2.05) is 50.2 Å². The van der Waals surface area contributed by atoms with Crippen molar-refractivity contribution in [2.45, 2.75) is 45.0 Å². The van der Waals surface area contributed by atoms with Crippen LogP contribution in [0.3, 0.4) is 0 Å². The molecule has 1 aromatic heterocycles. The second-order valence-corrected chi connectivity index (χ2v) is 10.4. The predicted octanol–water partition coefficient (Wildman–Crippen LogP) is 5.95. The molecule has 1 atom stereocenters. The molecule has 0 bridgehead atoms. The van der Waals surface area contributed by atoms with Crippen LogP contribution in [0.1, 0.15) is 44.4 Å². The zero-order valence-corrected chi connectivity index (χ0v) is 23.3. The van der Waals surface area contributed by atoms with Gasteiger partial charge in [0.2, 0.25) is 17.0 Å². The first-order valence-corrected chi connectivity index (χ1v) is 13.7. The molecular formula is C25H27BrClN5O3S. The van der Waals surface area contributed by atoms with Crippen molar-refractivity contribution < 1.29 is 14.3 Å². The van der Waals surface area contributed by atoms with E-state index < -0.39 is 11.9 Å². The number of carbonyl (C=O) groups excluding carboxylic acids is 1. The molecule has 36 heavy (non-hydrogen) atoms. The van der Waals surface area contributed by atoms with Gasteiger partial charge in [-0.3, -0.25) is 4.79 Å². The summed E-state index contributed by atoms with van der Waals surface area (Å²) in [4.78, 5) is 17.2. The van der Waals surface area contributed by atoms with E-state index in [0.29, 0.717) is 50.0 Å². The molecule has 1 aliphatic rings. The summed E-state index contributed by atoms with van der Waals surface area (Å²) in [6.07, 6.45) is 0.996. The molecule has 190 valence electrons. The third kappa shape index (κ3) is 5.50. The highest BCUT2D eigenvalue weighted by molar-refractivity contribution is 9.10. The number of benzene rings is 2. The third-order valence-corrected chi connectivity index (χ3v) is 7.51. The highest BCUT2D eigenvalue weighted by atomic mass is 79.9. The van der Waals surface area contributed by atoms with Crippen LogP contribution in [0.2, 0.25) is 5.02 Å². The largest absolute Gasteiger partial charge is 0.490 e. The Bertz CT molecular complexity index is 1310. The van der Waals surface area contributed by atoms with Crippen LogP contribution in [-0.4, -0.2) is 33.0 Å². The first kappa shape index (κ1) is 26.4. The average molecular weight is 593 g/mol. The molecule has 2 heterocycles. The zero-order valence-electron chi connectivity index (χ0n) is 20.2. The van der Waals surface area contributed by atoms with Crippen LogP contribution in [0.15, 0.2) is 57.3 Å². The monoisotopic (exact) mass is 591 g/mol. The van der Waals surface area contributed by atoms with Gasteiger partial charge < -0.3 is 20.5 Å². The topological polar surface area (TPSA) is 104 Å². The van der Waals surface area contributed by atoms with Crippen molar-refractivity contribution >= 4 is 51.1 Å². The Morgan fingerprint density at radius 2 is 2.06 bits per heavy atom. The quantitative estimate of drug-likeness (QED) is 0.280. The molecule has 0 saturated heterocycles. The smallest absolute Gasteiger partial charge is 0.248 e. The maximum atomic E-state index is 12.6. The van der Waals surface area contributed by atoms with E-state index in [1.54, 1.807) is 16.4 Å². The number of halogens is 2. The molecule has 2 aromatic carbocycles. The number of ether oxygens (including phenoxy) is 2. The molecule has 11 heteroatoms. The molecule has 8 nitrogen and oxygen atoms in total. The molecule has 0 fully saturated rings. The standard InChI is InChI=1S/C25H27BrClN5O3S/c1-4-10-36-25-30-24-29-14(3)20(23(28)33)21(32(24)31-25)16-11-17(26)22(19(12-16)34-5-2)35-13-15-8-6-7-9-18(15)27/h6-9,11-12,21H,4-5,10,13H2,1-3H3,(H2,28,33)(H,29,30,31). The summed E-state index contributed by atoms with van der Waals surface area (Å²) in [5.74, 6) is 1.96. The van der Waals surface area contributed by atoms with E-state index in [9.17, 15) is 4.79 Å². The van der Waals surface area contributed by atoms with Gasteiger partial charge in [0.1, 0.15) is 12.6 Å². The number of primary amides is 1. The number of hydrogen-bond acceptors (Lipinski definition) is 7. The maximum absolute atomic E-state index is 12.6. The van der Waals surface area contributed by atoms with Crippen LogP contribution in [0.4, 0.5) is 5.95 Å². The number of nitrogens with zero attached hydrogens (tertiary/aromatic N) is 3. The SMILES string of the molecule is CCCSc1nc2n(n1)C(c1cc(Br)c(OCc3ccccc3Cl)c(OCC)c1)C(C(N)=O)=C(C)N2. The second kappa shape index (κ2) is 11.6. The lowest BCUT2D eigenvalue weighted by Gasteiger charge is -2.28. The Balaban J connectivity index is 1.76. The molecule has 1 aliphatic heterocycles. The van der Waals surface area contributed by atoms with Crippen LogP contribution in [-0.2, 0) is 11.4 Å². The number of aromatic nitrogens is 3. The van der Waals surface area contributed by atoms with Crippen LogP contribution in [0.5, 0.6) is 11.5 Å². The number of carbonyl (C=O) groups is 1. The lowest BCUT2D eigenvalue weighted by molar-refractivity contribution is -0.115. The van der Waals surface area contributed by atoms with E-state index in [2.05, 4.69) is 38.3 Å². The Labute approximate surface area is 227 Å². The fraction of sp³-hybridized carbons (Fsp3) is 0.320. The zero-order chi connectivity index (χ0) is 25.8. The van der Waals surface area contributed by atoms with Gasteiger partial charge in [-0.15, -0.1) is 5.10 Å². The fourth-order valence-corrected chi connectivity index (χ4v) is 5.38. The van der Waals surface area contributed by atoms with Crippen molar-refractivity contribution in [2.75, 3.05) is 17.7 Å². The lowest BCUT2D eigenvalue weighted by Crippen LogP contribution is -2.32. The summed E-state index contributed by atoms with van der Waals surface area (Å²) >= 11 is 11.5. The van der Waals surface area contributed by atoms with Gasteiger partial charge in [-0.25, -0.2) is 4.68 Å². The average Bonchev–Trinajstić information content (AvgIpc) is 3.24. The first-order valence-electron chi connectivity index (χ1n) is 11.5. The maximum Gasteiger partial charge on any atom is 0.248 e. The molecule has 0 radical (unpaired) electrons. The van der Waals surface area contributed by atoms with Crippen LogP contribution in [0, 0.1) is 0 Å². The molecule has 1 unspecified atom stereocenters. The highest BCUT2D eigenvalue weighted by Gasteiger charge is 2.34. The Kier molecular flexibility index (Phi) is 8.48. The van der Waals surface area contributed by atoms with Crippen molar-refractivity contribution in [3.05, 3.63) is 68.3 Å². The van der Waals surface area contributed by atoms with Crippen LogP contribution < -0.4 is 20.5 Å².